The van der Waals surface area contributed by atoms with Gasteiger partial charge in [0.1, 0.15) is 10.7 Å². The molecule has 1 aliphatic carbocycles. The van der Waals surface area contributed by atoms with Crippen LogP contribution in [0.2, 0.25) is 0 Å². The number of nitrogens with one attached hydrogen (secondary N) is 2. The molecular formula is C16H14FN3O2S. The first kappa shape index (κ1) is 15.3. The molecule has 0 unspecified atom stereocenters. The van der Waals surface area contributed by atoms with Gasteiger partial charge in [-0.1, -0.05) is 6.08 Å². The third kappa shape index (κ3) is 2.98. The van der Waals surface area contributed by atoms with Crippen LogP contribution in [0, 0.1) is 17.1 Å². The maximum Gasteiger partial charge on any atom is 0.264 e. The van der Waals surface area contributed by atoms with E-state index >= 15 is 0 Å². The van der Waals surface area contributed by atoms with Gasteiger partial charge in [-0.3, -0.25) is 4.72 Å². The number of H-pyrrole nitrogens is 1. The lowest BCUT2D eigenvalue weighted by Crippen LogP contribution is -2.14. The third-order valence-electron chi connectivity index (χ3n) is 3.73. The largest absolute Gasteiger partial charge is 0.366 e. The smallest absolute Gasteiger partial charge is 0.264 e. The van der Waals surface area contributed by atoms with Gasteiger partial charge in [0.15, 0.2) is 0 Å². The fraction of sp³-hybridized carbons (Fsp3) is 0.188. The van der Waals surface area contributed by atoms with Gasteiger partial charge in [-0.05, 0) is 43.0 Å². The van der Waals surface area contributed by atoms with E-state index in [-0.39, 0.29) is 16.1 Å². The lowest BCUT2D eigenvalue weighted by molar-refractivity contribution is 0.598. The highest BCUT2D eigenvalue weighted by atomic mass is 32.2. The Kier molecular flexibility index (Phi) is 3.92. The maximum absolute atomic E-state index is 13.9. The number of halogens is 1. The Morgan fingerprint density at radius 1 is 1.30 bits per heavy atom. The Balaban J connectivity index is 1.94. The lowest BCUT2D eigenvalue weighted by atomic mass is 10.1. The van der Waals surface area contributed by atoms with Gasteiger partial charge in [0.05, 0.1) is 17.3 Å². The summed E-state index contributed by atoms with van der Waals surface area (Å²) in [5.41, 5.74) is 1.54. The van der Waals surface area contributed by atoms with E-state index in [1.165, 1.54) is 18.3 Å². The number of anilines is 1. The van der Waals surface area contributed by atoms with Gasteiger partial charge in [-0.2, -0.15) is 5.26 Å². The number of hydrogen-bond donors (Lipinski definition) is 2. The minimum Gasteiger partial charge on any atom is -0.366 e. The molecule has 0 saturated heterocycles. The first-order chi connectivity index (χ1) is 11.0. The van der Waals surface area contributed by atoms with E-state index in [9.17, 15) is 12.8 Å². The minimum absolute atomic E-state index is 0.0920. The number of nitriles is 1. The molecule has 0 aliphatic heterocycles. The molecule has 118 valence electrons. The van der Waals surface area contributed by atoms with Gasteiger partial charge in [-0.15, -0.1) is 0 Å². The van der Waals surface area contributed by atoms with Crippen molar-refractivity contribution in [2.75, 3.05) is 4.72 Å². The molecule has 2 aromatic rings. The first-order valence-electron chi connectivity index (χ1n) is 7.10. The quantitative estimate of drug-likeness (QED) is 0.900. The van der Waals surface area contributed by atoms with Crippen LogP contribution in [-0.2, 0) is 10.0 Å². The van der Waals surface area contributed by atoms with Crippen LogP contribution in [0.1, 0.15) is 30.4 Å². The average Bonchev–Trinajstić information content (AvgIpc) is 3.19. The van der Waals surface area contributed by atoms with Crippen molar-refractivity contribution < 1.29 is 12.8 Å². The molecule has 0 radical (unpaired) electrons. The van der Waals surface area contributed by atoms with Crippen molar-refractivity contribution in [1.82, 2.24) is 4.98 Å². The van der Waals surface area contributed by atoms with E-state index in [4.69, 9.17) is 5.26 Å². The molecule has 0 bridgehead atoms. The molecule has 5 nitrogen and oxygen atoms in total. The first-order valence-corrected chi connectivity index (χ1v) is 8.58. The summed E-state index contributed by atoms with van der Waals surface area (Å²) in [5, 5.41) is 8.73. The van der Waals surface area contributed by atoms with Gasteiger partial charge < -0.3 is 4.98 Å². The molecule has 0 atom stereocenters. The number of aromatic nitrogens is 1. The van der Waals surface area contributed by atoms with Crippen molar-refractivity contribution in [2.24, 2.45) is 0 Å². The number of hydrogen-bond acceptors (Lipinski definition) is 3. The van der Waals surface area contributed by atoms with Crippen LogP contribution in [0.5, 0.6) is 0 Å². The Bertz CT molecular complexity index is 923. The zero-order valence-electron chi connectivity index (χ0n) is 12.1. The summed E-state index contributed by atoms with van der Waals surface area (Å²) >= 11 is 0. The van der Waals surface area contributed by atoms with Crippen LogP contribution in [0.4, 0.5) is 10.1 Å². The fourth-order valence-corrected chi connectivity index (χ4v) is 3.87. The molecule has 0 spiro atoms. The molecule has 1 aromatic heterocycles. The normalized spacial score (nSPS) is 14.3. The monoisotopic (exact) mass is 331 g/mol. The molecule has 7 heteroatoms. The Morgan fingerprint density at radius 2 is 2.13 bits per heavy atom. The topological polar surface area (TPSA) is 85.8 Å². The zero-order valence-corrected chi connectivity index (χ0v) is 13.0. The molecule has 23 heavy (non-hydrogen) atoms. The number of nitrogens with zero attached hydrogens (tertiary/aromatic N) is 1. The van der Waals surface area contributed by atoms with Crippen molar-refractivity contribution in [3.05, 3.63) is 53.6 Å². The van der Waals surface area contributed by atoms with Crippen molar-refractivity contribution in [3.8, 4) is 6.07 Å². The molecular weight excluding hydrogens is 317 g/mol. The summed E-state index contributed by atoms with van der Waals surface area (Å²) in [5.74, 6) is -0.787. The Labute approximate surface area is 133 Å². The molecule has 0 fully saturated rings. The highest BCUT2D eigenvalue weighted by Crippen LogP contribution is 2.32. The van der Waals surface area contributed by atoms with Crippen LogP contribution in [0.3, 0.4) is 0 Å². The fourth-order valence-electron chi connectivity index (χ4n) is 2.61. The van der Waals surface area contributed by atoms with Crippen LogP contribution in [0.25, 0.3) is 5.57 Å². The molecule has 0 saturated carbocycles. The number of allylic oxidation sites excluding steroid dienone is 2. The summed E-state index contributed by atoms with van der Waals surface area (Å²) in [6, 6.07) is 5.40. The molecule has 0 amide bonds. The highest BCUT2D eigenvalue weighted by molar-refractivity contribution is 7.92. The molecule has 1 aromatic carbocycles. The predicted molar refractivity (Wildman–Crippen MR) is 84.5 cm³/mol. The number of rotatable bonds is 4. The predicted octanol–water partition coefficient (Wildman–Crippen LogP) is 3.39. The van der Waals surface area contributed by atoms with Crippen LogP contribution < -0.4 is 4.72 Å². The van der Waals surface area contributed by atoms with Crippen LogP contribution >= 0.6 is 0 Å². The SMILES string of the molecule is N#Cc1ccc(NS(=O)(=O)c2c[nH]cc2C2=CCCC2)c(F)c1. The second-order valence-electron chi connectivity index (χ2n) is 5.27. The third-order valence-corrected chi connectivity index (χ3v) is 5.13. The highest BCUT2D eigenvalue weighted by Gasteiger charge is 2.23. The number of sulfonamides is 1. The van der Waals surface area contributed by atoms with E-state index in [0.717, 1.165) is 30.9 Å². The summed E-state index contributed by atoms with van der Waals surface area (Å²) in [6.45, 7) is 0. The Morgan fingerprint density at radius 3 is 2.78 bits per heavy atom. The van der Waals surface area contributed by atoms with E-state index in [2.05, 4.69) is 9.71 Å². The number of aromatic amines is 1. The summed E-state index contributed by atoms with van der Waals surface area (Å²) < 4.78 is 41.3. The molecule has 1 heterocycles. The van der Waals surface area contributed by atoms with Crippen molar-refractivity contribution in [3.63, 3.8) is 0 Å². The second kappa shape index (κ2) is 5.89. The maximum atomic E-state index is 13.9. The minimum atomic E-state index is -3.93. The van der Waals surface area contributed by atoms with Crippen molar-refractivity contribution >= 4 is 21.3 Å². The van der Waals surface area contributed by atoms with E-state index in [1.54, 1.807) is 12.3 Å². The van der Waals surface area contributed by atoms with E-state index < -0.39 is 15.8 Å². The van der Waals surface area contributed by atoms with Gasteiger partial charge in [0, 0.05) is 18.0 Å². The van der Waals surface area contributed by atoms with Crippen molar-refractivity contribution in [1.29, 1.82) is 5.26 Å². The summed E-state index contributed by atoms with van der Waals surface area (Å²) in [7, 11) is -3.93. The van der Waals surface area contributed by atoms with Gasteiger partial charge in [-0.25, -0.2) is 12.8 Å². The lowest BCUT2D eigenvalue weighted by Gasteiger charge is -2.10. The summed E-state index contributed by atoms with van der Waals surface area (Å²) in [6.07, 6.45) is 7.80. The van der Waals surface area contributed by atoms with Gasteiger partial charge in [0.25, 0.3) is 10.0 Å². The zero-order chi connectivity index (χ0) is 16.4. The Hall–Kier alpha value is -2.59. The van der Waals surface area contributed by atoms with Crippen molar-refractivity contribution in [2.45, 2.75) is 24.2 Å². The van der Waals surface area contributed by atoms with E-state index in [0.29, 0.717) is 5.56 Å². The van der Waals surface area contributed by atoms with Crippen LogP contribution in [0.15, 0.2) is 41.6 Å². The average molecular weight is 331 g/mol. The van der Waals surface area contributed by atoms with Crippen LogP contribution in [-0.4, -0.2) is 13.4 Å². The van der Waals surface area contributed by atoms with Gasteiger partial charge >= 0.3 is 0 Å². The molecule has 1 aliphatic rings. The standard InChI is InChI=1S/C16H14FN3O2S/c17-14-7-11(8-18)5-6-15(14)20-23(21,22)16-10-19-9-13(16)12-3-1-2-4-12/h3,5-7,9-10,19-20H,1-2,4H2. The molecule has 2 N–H and O–H groups in total. The number of benzene rings is 1. The van der Waals surface area contributed by atoms with E-state index in [1.807, 2.05) is 6.08 Å². The summed E-state index contributed by atoms with van der Waals surface area (Å²) in [4.78, 5) is 2.90. The van der Waals surface area contributed by atoms with Gasteiger partial charge in [0.2, 0.25) is 0 Å². The second-order valence-corrected chi connectivity index (χ2v) is 6.92. The molecule has 3 rings (SSSR count).